The maximum atomic E-state index is 11.9. The molecule has 1 fully saturated rings. The number of pyridine rings is 1. The van der Waals surface area contributed by atoms with Crippen molar-refractivity contribution >= 4 is 17.5 Å². The predicted octanol–water partition coefficient (Wildman–Crippen LogP) is 2.12. The van der Waals surface area contributed by atoms with E-state index in [9.17, 15) is 4.79 Å². The highest BCUT2D eigenvalue weighted by Crippen LogP contribution is 2.26. The Morgan fingerprint density at radius 1 is 1.59 bits per heavy atom. The first kappa shape index (κ1) is 12.2. The molecule has 0 N–H and O–H groups in total. The van der Waals surface area contributed by atoms with E-state index in [-0.39, 0.29) is 12.5 Å². The zero-order valence-corrected chi connectivity index (χ0v) is 10.5. The molecule has 0 unspecified atom stereocenters. The van der Waals surface area contributed by atoms with Crippen molar-refractivity contribution in [2.75, 3.05) is 13.2 Å². The molecule has 0 spiro atoms. The average molecular weight is 255 g/mol. The molecule has 1 aromatic heterocycles. The highest BCUT2D eigenvalue weighted by molar-refractivity contribution is 6.29. The fraction of sp³-hybridized carbons (Fsp3) is 0.500. The van der Waals surface area contributed by atoms with Gasteiger partial charge in [0.05, 0.1) is 6.20 Å². The summed E-state index contributed by atoms with van der Waals surface area (Å²) in [6, 6.07) is 3.77. The van der Waals surface area contributed by atoms with Crippen molar-refractivity contribution in [3.63, 3.8) is 0 Å². The minimum atomic E-state index is 0.0324. The van der Waals surface area contributed by atoms with Crippen molar-refractivity contribution in [3.05, 3.63) is 23.5 Å². The number of carbonyl (C=O) groups excluding carboxylic acids is 1. The Morgan fingerprint density at radius 2 is 2.35 bits per heavy atom. The van der Waals surface area contributed by atoms with E-state index < -0.39 is 0 Å². The van der Waals surface area contributed by atoms with Gasteiger partial charge in [-0.15, -0.1) is 0 Å². The van der Waals surface area contributed by atoms with Crippen LogP contribution in [0.15, 0.2) is 18.3 Å². The topological polar surface area (TPSA) is 42.4 Å². The number of rotatable bonds is 5. The van der Waals surface area contributed by atoms with Crippen LogP contribution >= 0.6 is 11.6 Å². The van der Waals surface area contributed by atoms with Crippen molar-refractivity contribution in [2.45, 2.75) is 25.8 Å². The average Bonchev–Trinajstić information content (AvgIpc) is 3.14. The van der Waals surface area contributed by atoms with Crippen molar-refractivity contribution in [1.29, 1.82) is 0 Å². The van der Waals surface area contributed by atoms with E-state index >= 15 is 0 Å². The van der Waals surface area contributed by atoms with Gasteiger partial charge < -0.3 is 9.64 Å². The number of amides is 1. The van der Waals surface area contributed by atoms with Gasteiger partial charge in [0.2, 0.25) is 0 Å². The molecule has 0 aliphatic heterocycles. The monoisotopic (exact) mass is 254 g/mol. The zero-order chi connectivity index (χ0) is 12.3. The third kappa shape index (κ3) is 3.33. The molecular weight excluding hydrogens is 240 g/mol. The Bertz CT molecular complexity index is 390. The summed E-state index contributed by atoms with van der Waals surface area (Å²) in [4.78, 5) is 17.6. The number of halogens is 1. The van der Waals surface area contributed by atoms with E-state index in [4.69, 9.17) is 16.3 Å². The van der Waals surface area contributed by atoms with Crippen LogP contribution in [0.4, 0.5) is 0 Å². The maximum absolute atomic E-state index is 11.9. The lowest BCUT2D eigenvalue weighted by Gasteiger charge is -2.20. The van der Waals surface area contributed by atoms with Gasteiger partial charge >= 0.3 is 0 Å². The third-order valence-electron chi connectivity index (χ3n) is 2.71. The highest BCUT2D eigenvalue weighted by atomic mass is 35.5. The summed E-state index contributed by atoms with van der Waals surface area (Å²) < 4.78 is 5.37. The first-order chi connectivity index (χ1) is 8.20. The molecule has 0 aromatic carbocycles. The molecule has 1 aliphatic carbocycles. The molecule has 1 amide bonds. The smallest absolute Gasteiger partial charge is 0.260 e. The first-order valence-electron chi connectivity index (χ1n) is 5.74. The van der Waals surface area contributed by atoms with Gasteiger partial charge in [-0.2, -0.15) is 0 Å². The quantitative estimate of drug-likeness (QED) is 0.756. The van der Waals surface area contributed by atoms with E-state index in [1.54, 1.807) is 12.1 Å². The SMILES string of the molecule is CCN(C(=O)COc1ccc(Cl)nc1)C1CC1. The summed E-state index contributed by atoms with van der Waals surface area (Å²) in [5.74, 6) is 0.597. The van der Waals surface area contributed by atoms with Crippen LogP contribution < -0.4 is 4.74 Å². The Balaban J connectivity index is 1.84. The number of aromatic nitrogens is 1. The van der Waals surface area contributed by atoms with Crippen LogP contribution in [0.25, 0.3) is 0 Å². The normalized spacial score (nSPS) is 14.5. The summed E-state index contributed by atoms with van der Waals surface area (Å²) in [7, 11) is 0. The molecule has 4 nitrogen and oxygen atoms in total. The predicted molar refractivity (Wildman–Crippen MR) is 65.2 cm³/mol. The molecule has 1 heterocycles. The molecule has 1 saturated carbocycles. The summed E-state index contributed by atoms with van der Waals surface area (Å²) >= 11 is 5.66. The molecule has 1 aliphatic rings. The number of carbonyl (C=O) groups is 1. The van der Waals surface area contributed by atoms with Crippen LogP contribution in [-0.2, 0) is 4.79 Å². The maximum Gasteiger partial charge on any atom is 0.260 e. The van der Waals surface area contributed by atoms with E-state index in [1.807, 2.05) is 11.8 Å². The van der Waals surface area contributed by atoms with Gasteiger partial charge in [0.15, 0.2) is 6.61 Å². The van der Waals surface area contributed by atoms with Crippen LogP contribution in [0, 0.1) is 0 Å². The molecule has 92 valence electrons. The lowest BCUT2D eigenvalue weighted by Crippen LogP contribution is -2.36. The summed E-state index contributed by atoms with van der Waals surface area (Å²) in [5, 5.41) is 0.414. The summed E-state index contributed by atoms with van der Waals surface area (Å²) in [5.41, 5.74) is 0. The van der Waals surface area contributed by atoms with Crippen LogP contribution in [-0.4, -0.2) is 35.0 Å². The summed E-state index contributed by atoms with van der Waals surface area (Å²) in [6.07, 6.45) is 3.74. The van der Waals surface area contributed by atoms with Crippen LogP contribution in [0.5, 0.6) is 5.75 Å². The Morgan fingerprint density at radius 3 is 2.88 bits per heavy atom. The van der Waals surface area contributed by atoms with Gasteiger partial charge in [0, 0.05) is 12.6 Å². The number of ether oxygens (including phenoxy) is 1. The minimum absolute atomic E-state index is 0.0324. The summed E-state index contributed by atoms with van der Waals surface area (Å²) in [6.45, 7) is 2.79. The molecule has 17 heavy (non-hydrogen) atoms. The van der Waals surface area contributed by atoms with E-state index in [0.29, 0.717) is 16.9 Å². The molecule has 2 rings (SSSR count). The number of nitrogens with zero attached hydrogens (tertiary/aromatic N) is 2. The molecule has 0 radical (unpaired) electrons. The van der Waals surface area contributed by atoms with Crippen LogP contribution in [0.3, 0.4) is 0 Å². The van der Waals surface area contributed by atoms with E-state index in [2.05, 4.69) is 4.98 Å². The van der Waals surface area contributed by atoms with Crippen LogP contribution in [0.1, 0.15) is 19.8 Å². The van der Waals surface area contributed by atoms with E-state index in [1.165, 1.54) is 6.20 Å². The van der Waals surface area contributed by atoms with Gasteiger partial charge in [0.1, 0.15) is 10.9 Å². The Hall–Kier alpha value is -1.29. The highest BCUT2D eigenvalue weighted by Gasteiger charge is 2.31. The number of hydrogen-bond acceptors (Lipinski definition) is 3. The number of hydrogen-bond donors (Lipinski definition) is 0. The first-order valence-corrected chi connectivity index (χ1v) is 6.12. The van der Waals surface area contributed by atoms with Crippen molar-refractivity contribution in [3.8, 4) is 5.75 Å². The molecule has 0 saturated heterocycles. The van der Waals surface area contributed by atoms with Gasteiger partial charge in [0.25, 0.3) is 5.91 Å². The molecule has 5 heteroatoms. The third-order valence-corrected chi connectivity index (χ3v) is 2.93. The zero-order valence-electron chi connectivity index (χ0n) is 9.73. The fourth-order valence-corrected chi connectivity index (χ4v) is 1.81. The standard InChI is InChI=1S/C12H15ClN2O2/c1-2-15(9-3-4-9)12(16)8-17-10-5-6-11(13)14-7-10/h5-7,9H,2-4,8H2,1H3. The molecule has 1 aromatic rings. The molecule has 0 atom stereocenters. The molecular formula is C12H15ClN2O2. The van der Waals surface area contributed by atoms with Crippen molar-refractivity contribution < 1.29 is 9.53 Å². The largest absolute Gasteiger partial charge is 0.482 e. The Kier molecular flexibility index (Phi) is 3.84. The van der Waals surface area contributed by atoms with Gasteiger partial charge in [-0.1, -0.05) is 11.6 Å². The van der Waals surface area contributed by atoms with Gasteiger partial charge in [-0.25, -0.2) is 4.98 Å². The fourth-order valence-electron chi connectivity index (χ4n) is 1.70. The van der Waals surface area contributed by atoms with Crippen molar-refractivity contribution in [1.82, 2.24) is 9.88 Å². The Labute approximate surface area is 106 Å². The van der Waals surface area contributed by atoms with Crippen molar-refractivity contribution in [2.24, 2.45) is 0 Å². The lowest BCUT2D eigenvalue weighted by atomic mass is 10.4. The second kappa shape index (κ2) is 5.36. The molecule has 0 bridgehead atoms. The number of likely N-dealkylation sites (N-methyl/N-ethyl adjacent to an activating group) is 1. The minimum Gasteiger partial charge on any atom is -0.482 e. The second-order valence-electron chi connectivity index (χ2n) is 4.02. The second-order valence-corrected chi connectivity index (χ2v) is 4.40. The van der Waals surface area contributed by atoms with Gasteiger partial charge in [-0.3, -0.25) is 4.79 Å². The van der Waals surface area contributed by atoms with E-state index in [0.717, 1.165) is 19.4 Å². The lowest BCUT2D eigenvalue weighted by molar-refractivity contribution is -0.133. The van der Waals surface area contributed by atoms with Crippen LogP contribution in [0.2, 0.25) is 5.15 Å². The van der Waals surface area contributed by atoms with Gasteiger partial charge in [-0.05, 0) is 31.9 Å².